The van der Waals surface area contributed by atoms with Gasteiger partial charge in [0.2, 0.25) is 5.91 Å². The predicted molar refractivity (Wildman–Crippen MR) is 123 cm³/mol. The van der Waals surface area contributed by atoms with Crippen LogP contribution in [0.4, 0.5) is 5.00 Å². The summed E-state index contributed by atoms with van der Waals surface area (Å²) >= 11 is 4.27. The smallest absolute Gasteiger partial charge is 0.340 e. The quantitative estimate of drug-likeness (QED) is 0.283. The average molecular weight is 463 g/mol. The third kappa shape index (κ3) is 4.66. The Kier molecular flexibility index (Phi) is 7.46. The van der Waals surface area contributed by atoms with Gasteiger partial charge in [0.05, 0.1) is 18.4 Å². The molecule has 0 fully saturated rings. The number of esters is 1. The average Bonchev–Trinajstić information content (AvgIpc) is 3.45. The fraction of sp³-hybridized carbons (Fsp3) is 0.300. The number of nitrogens with one attached hydrogen (secondary N) is 1. The second-order valence-corrected chi connectivity index (χ2v) is 9.18. The molecule has 0 radical (unpaired) electrons. The molecule has 0 spiro atoms. The minimum atomic E-state index is -0.479. The zero-order chi connectivity index (χ0) is 21.7. The van der Waals surface area contributed by atoms with Crippen LogP contribution in [-0.2, 0) is 22.5 Å². The molecule has 30 heavy (non-hydrogen) atoms. The van der Waals surface area contributed by atoms with Crippen molar-refractivity contribution in [3.63, 3.8) is 0 Å². The molecule has 0 unspecified atom stereocenters. The molecule has 0 atom stereocenters. The summed E-state index contributed by atoms with van der Waals surface area (Å²) in [6.45, 7) is 8.61. The highest BCUT2D eigenvalue weighted by Crippen LogP contribution is 2.33. The molecule has 158 valence electrons. The van der Waals surface area contributed by atoms with Gasteiger partial charge in [-0.25, -0.2) is 4.79 Å². The lowest BCUT2D eigenvalue weighted by atomic mass is 10.1. The number of ether oxygens (including phenoxy) is 1. The Morgan fingerprint density at radius 1 is 1.37 bits per heavy atom. The van der Waals surface area contributed by atoms with Crippen LogP contribution in [0.3, 0.4) is 0 Å². The van der Waals surface area contributed by atoms with Gasteiger partial charge in [-0.3, -0.25) is 9.36 Å². The topological polar surface area (TPSA) is 86.1 Å². The number of methoxy groups -OCH3 is 1. The number of rotatable bonds is 9. The van der Waals surface area contributed by atoms with E-state index >= 15 is 0 Å². The Bertz CT molecular complexity index is 1070. The van der Waals surface area contributed by atoms with E-state index in [9.17, 15) is 9.59 Å². The Hall–Kier alpha value is -2.43. The van der Waals surface area contributed by atoms with Crippen molar-refractivity contribution in [1.29, 1.82) is 0 Å². The molecule has 3 rings (SSSR count). The minimum Gasteiger partial charge on any atom is -0.465 e. The summed E-state index contributed by atoms with van der Waals surface area (Å²) in [6.07, 6.45) is 2.70. The van der Waals surface area contributed by atoms with Gasteiger partial charge < -0.3 is 10.1 Å². The maximum Gasteiger partial charge on any atom is 0.340 e. The normalized spacial score (nSPS) is 10.8. The van der Waals surface area contributed by atoms with E-state index in [1.807, 2.05) is 4.57 Å². The molecule has 0 saturated carbocycles. The summed E-state index contributed by atoms with van der Waals surface area (Å²) in [6, 6.07) is 1.63. The first kappa shape index (κ1) is 22.3. The van der Waals surface area contributed by atoms with Crippen molar-refractivity contribution >= 4 is 51.3 Å². The molecule has 7 nitrogen and oxygen atoms in total. The molecule has 0 bridgehead atoms. The first-order chi connectivity index (χ1) is 14.5. The SMILES string of the molecule is C=CCn1c(SCC(=O)Nc2sccc2C(=O)OC)nnc1-c1csc(C)c1CC. The van der Waals surface area contributed by atoms with Gasteiger partial charge in [-0.05, 0) is 30.4 Å². The number of aromatic nitrogens is 3. The number of thiophene rings is 2. The number of thioether (sulfide) groups is 1. The Morgan fingerprint density at radius 2 is 2.17 bits per heavy atom. The van der Waals surface area contributed by atoms with E-state index in [0.29, 0.717) is 22.3 Å². The van der Waals surface area contributed by atoms with Crippen molar-refractivity contribution in [3.05, 3.63) is 45.5 Å². The Labute approximate surface area is 187 Å². The molecule has 0 aromatic carbocycles. The van der Waals surface area contributed by atoms with Crippen LogP contribution >= 0.6 is 34.4 Å². The van der Waals surface area contributed by atoms with Crippen molar-refractivity contribution < 1.29 is 14.3 Å². The fourth-order valence-electron chi connectivity index (χ4n) is 2.96. The van der Waals surface area contributed by atoms with Crippen LogP contribution < -0.4 is 5.32 Å². The molecular weight excluding hydrogens is 440 g/mol. The zero-order valence-corrected chi connectivity index (χ0v) is 19.4. The van der Waals surface area contributed by atoms with Gasteiger partial charge in [0.1, 0.15) is 5.00 Å². The van der Waals surface area contributed by atoms with Crippen molar-refractivity contribution in [2.45, 2.75) is 32.0 Å². The molecule has 3 heterocycles. The molecule has 0 aliphatic rings. The summed E-state index contributed by atoms with van der Waals surface area (Å²) in [4.78, 5) is 25.5. The van der Waals surface area contributed by atoms with Crippen LogP contribution in [-0.4, -0.2) is 39.5 Å². The first-order valence-corrected chi connectivity index (χ1v) is 11.9. The number of anilines is 1. The molecule has 0 aliphatic carbocycles. The molecule has 3 aromatic heterocycles. The summed E-state index contributed by atoms with van der Waals surface area (Å²) in [5, 5.41) is 16.4. The van der Waals surface area contributed by atoms with Gasteiger partial charge in [0.15, 0.2) is 11.0 Å². The van der Waals surface area contributed by atoms with Gasteiger partial charge >= 0.3 is 5.97 Å². The number of hydrogen-bond acceptors (Lipinski definition) is 8. The van der Waals surface area contributed by atoms with E-state index in [1.165, 1.54) is 40.6 Å². The zero-order valence-electron chi connectivity index (χ0n) is 16.9. The van der Waals surface area contributed by atoms with Crippen molar-refractivity contribution in [2.24, 2.45) is 0 Å². The van der Waals surface area contributed by atoms with Crippen molar-refractivity contribution in [2.75, 3.05) is 18.2 Å². The van der Waals surface area contributed by atoms with Crippen LogP contribution in [0.1, 0.15) is 27.7 Å². The standard InChI is InChI=1S/C20H22N4O3S3/c1-5-8-24-17(15-10-29-12(3)13(15)6-2)22-23-20(24)30-11-16(25)21-18-14(7-9-28-18)19(26)27-4/h5,7,9-10H,1,6,8,11H2,2-4H3,(H,21,25). The monoisotopic (exact) mass is 462 g/mol. The number of allylic oxidation sites excluding steroid dienone is 1. The lowest BCUT2D eigenvalue weighted by molar-refractivity contribution is -0.113. The number of hydrogen-bond donors (Lipinski definition) is 1. The van der Waals surface area contributed by atoms with Crippen LogP contribution in [0, 0.1) is 6.92 Å². The van der Waals surface area contributed by atoms with E-state index in [-0.39, 0.29) is 11.7 Å². The summed E-state index contributed by atoms with van der Waals surface area (Å²) in [5.74, 6) is 0.206. The van der Waals surface area contributed by atoms with Crippen LogP contribution in [0.2, 0.25) is 0 Å². The van der Waals surface area contributed by atoms with Crippen LogP contribution in [0.5, 0.6) is 0 Å². The van der Waals surface area contributed by atoms with E-state index < -0.39 is 5.97 Å². The van der Waals surface area contributed by atoms with Gasteiger partial charge in [-0.15, -0.1) is 39.4 Å². The van der Waals surface area contributed by atoms with Gasteiger partial charge in [-0.1, -0.05) is 24.8 Å². The molecule has 1 amide bonds. The lowest BCUT2D eigenvalue weighted by Gasteiger charge is -2.09. The molecule has 0 saturated heterocycles. The third-order valence-corrected chi connectivity index (χ3v) is 7.13. The Balaban J connectivity index is 1.75. The van der Waals surface area contributed by atoms with Crippen LogP contribution in [0.25, 0.3) is 11.4 Å². The summed E-state index contributed by atoms with van der Waals surface area (Å²) < 4.78 is 6.70. The number of aryl methyl sites for hydroxylation is 1. The molecule has 1 N–H and O–H groups in total. The summed E-state index contributed by atoms with van der Waals surface area (Å²) in [7, 11) is 1.31. The third-order valence-electron chi connectivity index (χ3n) is 4.38. The number of amides is 1. The number of carbonyl (C=O) groups excluding carboxylic acids is 2. The highest BCUT2D eigenvalue weighted by atomic mass is 32.2. The van der Waals surface area contributed by atoms with E-state index in [4.69, 9.17) is 4.74 Å². The lowest BCUT2D eigenvalue weighted by Crippen LogP contribution is -2.16. The van der Waals surface area contributed by atoms with E-state index in [1.54, 1.807) is 28.9 Å². The Morgan fingerprint density at radius 3 is 2.87 bits per heavy atom. The fourth-order valence-corrected chi connectivity index (χ4v) is 5.44. The highest BCUT2D eigenvalue weighted by molar-refractivity contribution is 7.99. The van der Waals surface area contributed by atoms with Crippen molar-refractivity contribution in [1.82, 2.24) is 14.8 Å². The molecular formula is C20H22N4O3S3. The number of nitrogens with zero attached hydrogens (tertiary/aromatic N) is 3. The predicted octanol–water partition coefficient (Wildman–Crippen LogP) is 4.64. The minimum absolute atomic E-state index is 0.136. The number of carbonyl (C=O) groups is 2. The molecule has 0 aliphatic heterocycles. The van der Waals surface area contributed by atoms with Gasteiger partial charge in [0, 0.05) is 22.4 Å². The molecule has 10 heteroatoms. The largest absolute Gasteiger partial charge is 0.465 e. The highest BCUT2D eigenvalue weighted by Gasteiger charge is 2.20. The van der Waals surface area contributed by atoms with Gasteiger partial charge in [0.25, 0.3) is 0 Å². The first-order valence-electron chi connectivity index (χ1n) is 9.20. The summed E-state index contributed by atoms with van der Waals surface area (Å²) in [5.41, 5.74) is 2.69. The second kappa shape index (κ2) is 10.1. The van der Waals surface area contributed by atoms with Crippen LogP contribution in [0.15, 0.2) is 34.6 Å². The van der Waals surface area contributed by atoms with E-state index in [0.717, 1.165) is 17.8 Å². The second-order valence-electron chi connectivity index (χ2n) is 6.23. The molecule has 3 aromatic rings. The van der Waals surface area contributed by atoms with Crippen molar-refractivity contribution in [3.8, 4) is 11.4 Å². The maximum atomic E-state index is 12.4. The van der Waals surface area contributed by atoms with E-state index in [2.05, 4.69) is 41.3 Å². The maximum absolute atomic E-state index is 12.4. The van der Waals surface area contributed by atoms with Gasteiger partial charge in [-0.2, -0.15) is 0 Å².